The van der Waals surface area contributed by atoms with Crippen LogP contribution in [0.15, 0.2) is 60.8 Å². The van der Waals surface area contributed by atoms with Crippen molar-refractivity contribution in [3.05, 3.63) is 71.9 Å². The third kappa shape index (κ3) is 5.81. The highest BCUT2D eigenvalue weighted by molar-refractivity contribution is 6.01. The maximum Gasteiger partial charge on any atom is 0.306 e. The first-order chi connectivity index (χ1) is 13.0. The summed E-state index contributed by atoms with van der Waals surface area (Å²) in [4.78, 5) is 25.9. The monoisotopic (exact) mass is 366 g/mol. The van der Waals surface area contributed by atoms with E-state index in [2.05, 4.69) is 4.98 Å². The Labute approximate surface area is 157 Å². The molecule has 0 aliphatic rings. The van der Waals surface area contributed by atoms with Gasteiger partial charge in [-0.15, -0.1) is 0 Å². The minimum Gasteiger partial charge on any atom is -0.505 e. The molecular formula is C21H22N2O4. The average Bonchev–Trinajstić information content (AvgIpc) is 2.68. The van der Waals surface area contributed by atoms with Crippen molar-refractivity contribution in [1.29, 1.82) is 0 Å². The Morgan fingerprint density at radius 1 is 1.07 bits per heavy atom. The van der Waals surface area contributed by atoms with Crippen molar-refractivity contribution in [2.75, 3.05) is 6.61 Å². The van der Waals surface area contributed by atoms with Gasteiger partial charge in [-0.05, 0) is 31.0 Å². The number of aromatic nitrogens is 1. The van der Waals surface area contributed by atoms with E-state index in [-0.39, 0.29) is 17.3 Å². The predicted molar refractivity (Wildman–Crippen MR) is 103 cm³/mol. The Morgan fingerprint density at radius 2 is 1.81 bits per heavy atom. The van der Waals surface area contributed by atoms with Gasteiger partial charge < -0.3 is 15.6 Å². The van der Waals surface area contributed by atoms with E-state index in [4.69, 9.17) is 10.5 Å². The molecule has 0 radical (unpaired) electrons. The van der Waals surface area contributed by atoms with Gasteiger partial charge in [0.15, 0.2) is 5.75 Å². The summed E-state index contributed by atoms with van der Waals surface area (Å²) in [6.45, 7) is 2.29. The van der Waals surface area contributed by atoms with Crippen LogP contribution < -0.4 is 5.73 Å². The van der Waals surface area contributed by atoms with E-state index in [0.29, 0.717) is 18.5 Å². The number of carbonyl (C=O) groups excluding carboxylic acids is 2. The van der Waals surface area contributed by atoms with E-state index < -0.39 is 5.91 Å². The number of hydrogen-bond donors (Lipinski definition) is 2. The van der Waals surface area contributed by atoms with E-state index >= 15 is 0 Å². The third-order valence-electron chi connectivity index (χ3n) is 3.78. The van der Waals surface area contributed by atoms with Crippen LogP contribution >= 0.6 is 0 Å². The molecule has 0 saturated carbocycles. The Balaban J connectivity index is 0.000000194. The van der Waals surface area contributed by atoms with E-state index in [0.717, 1.165) is 11.8 Å². The molecule has 6 nitrogen and oxygen atoms in total. The van der Waals surface area contributed by atoms with Gasteiger partial charge >= 0.3 is 5.97 Å². The van der Waals surface area contributed by atoms with Crippen LogP contribution in [-0.2, 0) is 16.0 Å². The van der Waals surface area contributed by atoms with E-state index in [1.165, 1.54) is 11.6 Å². The van der Waals surface area contributed by atoms with Gasteiger partial charge in [-0.1, -0.05) is 42.5 Å². The number of carbonyl (C=O) groups is 2. The molecular weight excluding hydrogens is 344 g/mol. The molecule has 0 aliphatic heterocycles. The number of amides is 1. The second kappa shape index (κ2) is 9.91. The van der Waals surface area contributed by atoms with Crippen molar-refractivity contribution in [3.63, 3.8) is 0 Å². The van der Waals surface area contributed by atoms with Crippen molar-refractivity contribution < 1.29 is 19.4 Å². The number of aryl methyl sites for hydroxylation is 1. The first kappa shape index (κ1) is 19.9. The van der Waals surface area contributed by atoms with Gasteiger partial charge in [-0.25, -0.2) is 0 Å². The number of primary amides is 1. The topological polar surface area (TPSA) is 103 Å². The van der Waals surface area contributed by atoms with Crippen LogP contribution in [0.2, 0.25) is 0 Å². The molecule has 140 valence electrons. The lowest BCUT2D eigenvalue weighted by atomic mass is 10.1. The predicted octanol–water partition coefficient (Wildman–Crippen LogP) is 3.22. The number of nitrogens with zero attached hydrogens (tertiary/aromatic N) is 1. The molecule has 3 rings (SSSR count). The van der Waals surface area contributed by atoms with Gasteiger partial charge in [-0.2, -0.15) is 0 Å². The van der Waals surface area contributed by atoms with Crippen LogP contribution in [-0.4, -0.2) is 28.6 Å². The van der Waals surface area contributed by atoms with Crippen molar-refractivity contribution >= 4 is 22.8 Å². The Kier molecular flexibility index (Phi) is 7.31. The number of fused-ring (bicyclic) bond motifs is 1. The SMILES string of the molecule is CCOC(=O)CCc1ccccc1.NC(=O)c1ccc2cccnc2c1O. The summed E-state index contributed by atoms with van der Waals surface area (Å²) in [7, 11) is 0. The lowest BCUT2D eigenvalue weighted by molar-refractivity contribution is -0.143. The zero-order chi connectivity index (χ0) is 19.6. The molecule has 1 heterocycles. The second-order valence-electron chi connectivity index (χ2n) is 5.69. The number of phenols is 1. The molecule has 27 heavy (non-hydrogen) atoms. The van der Waals surface area contributed by atoms with Crippen LogP contribution in [0.4, 0.5) is 0 Å². The number of rotatable bonds is 5. The standard InChI is InChI=1S/C11H14O2.C10H8N2O2/c1-2-13-11(12)9-8-10-6-4-3-5-7-10;11-10(14)7-4-3-6-2-1-5-12-8(6)9(7)13/h3-7H,2,8-9H2,1H3;1-5,13H,(H2,11,14). The molecule has 6 heteroatoms. The van der Waals surface area contributed by atoms with Crippen LogP contribution in [0.25, 0.3) is 10.9 Å². The first-order valence-electron chi connectivity index (χ1n) is 8.59. The quantitative estimate of drug-likeness (QED) is 0.675. The van der Waals surface area contributed by atoms with Gasteiger partial charge in [0.1, 0.15) is 5.52 Å². The molecule has 0 bridgehead atoms. The average molecular weight is 366 g/mol. The molecule has 0 unspecified atom stereocenters. The normalized spacial score (nSPS) is 9.96. The zero-order valence-electron chi connectivity index (χ0n) is 15.1. The Hall–Kier alpha value is -3.41. The zero-order valence-corrected chi connectivity index (χ0v) is 15.1. The van der Waals surface area contributed by atoms with Gasteiger partial charge in [0, 0.05) is 18.0 Å². The van der Waals surface area contributed by atoms with Crippen LogP contribution in [0, 0.1) is 0 Å². The largest absolute Gasteiger partial charge is 0.505 e. The fourth-order valence-electron chi connectivity index (χ4n) is 2.45. The minimum atomic E-state index is -0.657. The third-order valence-corrected chi connectivity index (χ3v) is 3.78. The second-order valence-corrected chi connectivity index (χ2v) is 5.69. The number of hydrogen-bond acceptors (Lipinski definition) is 5. The molecule has 0 spiro atoms. The van der Waals surface area contributed by atoms with Crippen LogP contribution in [0.3, 0.4) is 0 Å². The summed E-state index contributed by atoms with van der Waals surface area (Å²) >= 11 is 0. The molecule has 0 aliphatic carbocycles. The fraction of sp³-hybridized carbons (Fsp3) is 0.190. The first-order valence-corrected chi connectivity index (χ1v) is 8.59. The summed E-state index contributed by atoms with van der Waals surface area (Å²) in [6, 6.07) is 16.7. The van der Waals surface area contributed by atoms with Gasteiger partial charge in [0.25, 0.3) is 5.91 Å². The van der Waals surface area contributed by atoms with E-state index in [1.54, 1.807) is 24.4 Å². The van der Waals surface area contributed by atoms with Gasteiger partial charge in [0.05, 0.1) is 12.2 Å². The van der Waals surface area contributed by atoms with Crippen molar-refractivity contribution in [3.8, 4) is 5.75 Å². The smallest absolute Gasteiger partial charge is 0.306 e. The number of ether oxygens (including phenoxy) is 1. The molecule has 1 aromatic heterocycles. The lowest BCUT2D eigenvalue weighted by Gasteiger charge is -2.03. The maximum atomic E-state index is 11.0. The summed E-state index contributed by atoms with van der Waals surface area (Å²) in [5.41, 5.74) is 6.74. The molecule has 0 saturated heterocycles. The highest BCUT2D eigenvalue weighted by Gasteiger charge is 2.10. The number of nitrogens with two attached hydrogens (primary N) is 1. The summed E-state index contributed by atoms with van der Waals surface area (Å²) in [6.07, 6.45) is 2.78. The van der Waals surface area contributed by atoms with Gasteiger partial charge in [0.2, 0.25) is 0 Å². The molecule has 0 fully saturated rings. The van der Waals surface area contributed by atoms with Crippen molar-refractivity contribution in [2.24, 2.45) is 5.73 Å². The highest BCUT2D eigenvalue weighted by Crippen LogP contribution is 2.25. The number of benzene rings is 2. The Bertz CT molecular complexity index is 910. The lowest BCUT2D eigenvalue weighted by Crippen LogP contribution is -2.11. The van der Waals surface area contributed by atoms with Crippen molar-refractivity contribution in [2.45, 2.75) is 19.8 Å². The maximum absolute atomic E-state index is 11.0. The van der Waals surface area contributed by atoms with E-state index in [1.807, 2.05) is 37.3 Å². The molecule has 0 atom stereocenters. The summed E-state index contributed by atoms with van der Waals surface area (Å²) in [5.74, 6) is -0.933. The molecule has 1 amide bonds. The highest BCUT2D eigenvalue weighted by atomic mass is 16.5. The molecule has 3 aromatic rings. The Morgan fingerprint density at radius 3 is 2.48 bits per heavy atom. The minimum absolute atomic E-state index is 0.0937. The molecule has 3 N–H and O–H groups in total. The van der Waals surface area contributed by atoms with Gasteiger partial charge in [-0.3, -0.25) is 14.6 Å². The van der Waals surface area contributed by atoms with E-state index in [9.17, 15) is 14.7 Å². The fourth-order valence-corrected chi connectivity index (χ4v) is 2.45. The summed E-state index contributed by atoms with van der Waals surface area (Å²) < 4.78 is 4.82. The van der Waals surface area contributed by atoms with Crippen LogP contribution in [0.5, 0.6) is 5.75 Å². The number of aromatic hydroxyl groups is 1. The number of pyridine rings is 1. The summed E-state index contributed by atoms with van der Waals surface area (Å²) in [5, 5.41) is 10.4. The van der Waals surface area contributed by atoms with Crippen LogP contribution in [0.1, 0.15) is 29.3 Å². The van der Waals surface area contributed by atoms with Crippen molar-refractivity contribution in [1.82, 2.24) is 4.98 Å². The molecule has 2 aromatic carbocycles. The number of esters is 1.